The zero-order valence-electron chi connectivity index (χ0n) is 4.76. The second kappa shape index (κ2) is 1.99. The number of hydrogen-bond acceptors (Lipinski definition) is 0. The van der Waals surface area contributed by atoms with Gasteiger partial charge in [0, 0.05) is 5.02 Å². The fourth-order valence-electron chi connectivity index (χ4n) is 0.415. The van der Waals surface area contributed by atoms with E-state index in [0.717, 1.165) is 5.02 Å². The molecule has 0 spiro atoms. The summed E-state index contributed by atoms with van der Waals surface area (Å²) in [6, 6.07) is 9.44. The minimum absolute atomic E-state index is 0. The van der Waals surface area contributed by atoms with Crippen molar-refractivity contribution >= 4 is 11.6 Å². The maximum Gasteiger partial charge on any atom is 1.00 e. The molecular formula is C6H6Cl+. The molecule has 36 valence electrons. The summed E-state index contributed by atoms with van der Waals surface area (Å²) in [5.41, 5.74) is 0. The van der Waals surface area contributed by atoms with Crippen molar-refractivity contribution in [2.75, 3.05) is 0 Å². The molecule has 0 atom stereocenters. The molecule has 0 aliphatic rings. The second-order valence-corrected chi connectivity index (χ2v) is 1.73. The highest BCUT2D eigenvalue weighted by Crippen LogP contribution is 2.03. The topological polar surface area (TPSA) is 0 Å². The Balaban J connectivity index is 0.000000490. The largest absolute Gasteiger partial charge is 1.00 e. The van der Waals surface area contributed by atoms with Crippen LogP contribution < -0.4 is 0 Å². The highest BCUT2D eigenvalue weighted by Gasteiger charge is 1.74. The van der Waals surface area contributed by atoms with Gasteiger partial charge in [0.2, 0.25) is 0 Å². The summed E-state index contributed by atoms with van der Waals surface area (Å²) >= 11 is 5.54. The average molecular weight is 114 g/mol. The maximum atomic E-state index is 5.54. The first-order chi connectivity index (χ1) is 3.39. The smallest absolute Gasteiger partial charge is 0.0843 e. The third-order valence-electron chi connectivity index (χ3n) is 0.733. The lowest BCUT2D eigenvalue weighted by atomic mass is 10.4. The number of halogens is 1. The summed E-state index contributed by atoms with van der Waals surface area (Å²) in [6.45, 7) is 0. The molecule has 0 radical (unpaired) electrons. The van der Waals surface area contributed by atoms with Gasteiger partial charge in [-0.1, -0.05) is 29.8 Å². The molecule has 7 heavy (non-hydrogen) atoms. The summed E-state index contributed by atoms with van der Waals surface area (Å²) in [6.07, 6.45) is 0. The molecule has 0 N–H and O–H groups in total. The van der Waals surface area contributed by atoms with Crippen LogP contribution in [-0.2, 0) is 0 Å². The van der Waals surface area contributed by atoms with E-state index < -0.39 is 0 Å². The van der Waals surface area contributed by atoms with E-state index >= 15 is 0 Å². The summed E-state index contributed by atoms with van der Waals surface area (Å²) in [5.74, 6) is 0. The first-order valence-electron chi connectivity index (χ1n) is 2.10. The molecule has 0 nitrogen and oxygen atoms in total. The Morgan fingerprint density at radius 3 is 2.00 bits per heavy atom. The predicted molar refractivity (Wildman–Crippen MR) is 32.6 cm³/mol. The molecule has 0 amide bonds. The first-order valence-corrected chi connectivity index (χ1v) is 2.48. The van der Waals surface area contributed by atoms with Crippen LogP contribution in [0.1, 0.15) is 1.43 Å². The van der Waals surface area contributed by atoms with E-state index in [-0.39, 0.29) is 1.43 Å². The van der Waals surface area contributed by atoms with Crippen LogP contribution in [0.2, 0.25) is 5.02 Å². The van der Waals surface area contributed by atoms with Gasteiger partial charge in [-0.25, -0.2) is 0 Å². The van der Waals surface area contributed by atoms with Gasteiger partial charge in [0.05, 0.1) is 0 Å². The van der Waals surface area contributed by atoms with Crippen LogP contribution in [0.5, 0.6) is 0 Å². The van der Waals surface area contributed by atoms with Crippen molar-refractivity contribution in [2.45, 2.75) is 0 Å². The molecule has 0 saturated carbocycles. The fourth-order valence-corrected chi connectivity index (χ4v) is 0.560. The zero-order chi connectivity index (χ0) is 5.11. The van der Waals surface area contributed by atoms with Crippen LogP contribution in [0.4, 0.5) is 0 Å². The molecule has 0 bridgehead atoms. The van der Waals surface area contributed by atoms with Crippen molar-refractivity contribution in [3.63, 3.8) is 0 Å². The van der Waals surface area contributed by atoms with Gasteiger partial charge in [-0.15, -0.1) is 0 Å². The Hall–Kier alpha value is -0.490. The normalized spacial score (nSPS) is 8.71. The van der Waals surface area contributed by atoms with Gasteiger partial charge >= 0.3 is 1.43 Å². The van der Waals surface area contributed by atoms with Crippen molar-refractivity contribution in [3.05, 3.63) is 35.4 Å². The van der Waals surface area contributed by atoms with Crippen molar-refractivity contribution in [3.8, 4) is 0 Å². The Morgan fingerprint density at radius 2 is 1.71 bits per heavy atom. The van der Waals surface area contributed by atoms with E-state index in [1.807, 2.05) is 30.3 Å². The third kappa shape index (κ3) is 1.20. The molecule has 0 aliphatic heterocycles. The standard InChI is InChI=1S/C6H5Cl/c7-6-4-2-1-3-5-6/h1-5H/p+1/i/hH. The molecule has 0 unspecified atom stereocenters. The lowest BCUT2D eigenvalue weighted by molar-refractivity contribution is 1.71. The zero-order valence-corrected chi connectivity index (χ0v) is 4.52. The van der Waals surface area contributed by atoms with Gasteiger partial charge in [0.25, 0.3) is 0 Å². The Bertz CT molecular complexity index is 138. The Kier molecular flexibility index (Phi) is 1.32. The maximum absolute atomic E-state index is 5.54. The highest BCUT2D eigenvalue weighted by atomic mass is 35.5. The molecular weight excluding hydrogens is 108 g/mol. The van der Waals surface area contributed by atoms with Crippen LogP contribution in [0.15, 0.2) is 30.3 Å². The second-order valence-electron chi connectivity index (χ2n) is 1.30. The molecule has 1 aromatic rings. The molecule has 0 saturated heterocycles. The van der Waals surface area contributed by atoms with E-state index in [4.69, 9.17) is 11.6 Å². The SMILES string of the molecule is Clc1ccccc1.[1H+]. The van der Waals surface area contributed by atoms with Crippen LogP contribution >= 0.6 is 11.6 Å². The summed E-state index contributed by atoms with van der Waals surface area (Å²) < 4.78 is 0. The van der Waals surface area contributed by atoms with Gasteiger partial charge < -0.3 is 0 Å². The average Bonchev–Trinajstić information content (AvgIpc) is 1.69. The minimum Gasteiger partial charge on any atom is -0.0843 e. The predicted octanol–water partition coefficient (Wildman–Crippen LogP) is 2.45. The van der Waals surface area contributed by atoms with Gasteiger partial charge in [0.1, 0.15) is 0 Å². The van der Waals surface area contributed by atoms with Crippen LogP contribution in [-0.4, -0.2) is 0 Å². The van der Waals surface area contributed by atoms with Crippen molar-refractivity contribution in [2.24, 2.45) is 0 Å². The molecule has 0 heterocycles. The van der Waals surface area contributed by atoms with Crippen molar-refractivity contribution < 1.29 is 1.43 Å². The van der Waals surface area contributed by atoms with Crippen LogP contribution in [0.25, 0.3) is 0 Å². The van der Waals surface area contributed by atoms with E-state index in [2.05, 4.69) is 0 Å². The van der Waals surface area contributed by atoms with Crippen molar-refractivity contribution in [1.82, 2.24) is 0 Å². The fraction of sp³-hybridized carbons (Fsp3) is 0. The van der Waals surface area contributed by atoms with E-state index in [9.17, 15) is 0 Å². The monoisotopic (exact) mass is 113 g/mol. The lowest BCUT2D eigenvalue weighted by Crippen LogP contribution is -1.55. The molecule has 0 aromatic heterocycles. The molecule has 1 heteroatoms. The molecule has 1 aromatic carbocycles. The number of hydrogen-bond donors (Lipinski definition) is 0. The third-order valence-corrected chi connectivity index (χ3v) is 0.985. The molecule has 0 aliphatic carbocycles. The Morgan fingerprint density at radius 1 is 1.14 bits per heavy atom. The summed E-state index contributed by atoms with van der Waals surface area (Å²) in [5, 5.41) is 0.794. The van der Waals surface area contributed by atoms with Gasteiger partial charge in [-0.2, -0.15) is 0 Å². The first kappa shape index (κ1) is 4.66. The van der Waals surface area contributed by atoms with Crippen LogP contribution in [0.3, 0.4) is 0 Å². The van der Waals surface area contributed by atoms with Crippen LogP contribution in [0, 0.1) is 0 Å². The van der Waals surface area contributed by atoms with Gasteiger partial charge in [-0.05, 0) is 12.1 Å². The summed E-state index contributed by atoms with van der Waals surface area (Å²) in [7, 11) is 0. The van der Waals surface area contributed by atoms with Gasteiger partial charge in [-0.3, -0.25) is 0 Å². The highest BCUT2D eigenvalue weighted by molar-refractivity contribution is 6.30. The molecule has 1 rings (SSSR count). The Labute approximate surface area is 49.2 Å². The molecule has 0 fully saturated rings. The number of benzene rings is 1. The van der Waals surface area contributed by atoms with E-state index in [1.54, 1.807) is 0 Å². The minimum atomic E-state index is 0. The summed E-state index contributed by atoms with van der Waals surface area (Å²) in [4.78, 5) is 0. The van der Waals surface area contributed by atoms with E-state index in [1.165, 1.54) is 0 Å². The van der Waals surface area contributed by atoms with E-state index in [0.29, 0.717) is 0 Å². The quantitative estimate of drug-likeness (QED) is 0.485. The number of rotatable bonds is 0. The lowest BCUT2D eigenvalue weighted by Gasteiger charge is -1.80. The van der Waals surface area contributed by atoms with Gasteiger partial charge in [0.15, 0.2) is 0 Å². The van der Waals surface area contributed by atoms with Crippen molar-refractivity contribution in [1.29, 1.82) is 0 Å².